The van der Waals surface area contributed by atoms with Gasteiger partial charge in [-0.25, -0.2) is 17.9 Å². The maximum Gasteiger partial charge on any atom is 0.339 e. The maximum absolute atomic E-state index is 12.2. The minimum absolute atomic E-state index is 0.0168. The summed E-state index contributed by atoms with van der Waals surface area (Å²) in [5.74, 6) is -0.779. The zero-order valence-electron chi connectivity index (χ0n) is 15.3. The van der Waals surface area contributed by atoms with Crippen molar-refractivity contribution in [2.75, 3.05) is 6.54 Å². The maximum atomic E-state index is 12.2. The standard InChI is InChI=1S/C18H22N2O6S/c1-11(2)9-20-27(24,25)15-6-4-13(5-7-15)17(21)19-10-14-8-16(18(22)23)12(3)26-14/h4-8,11,20H,9-10H2,1-3H3,(H,19,21)(H,22,23). The molecule has 0 unspecified atom stereocenters. The van der Waals surface area contributed by atoms with Crippen molar-refractivity contribution in [3.63, 3.8) is 0 Å². The molecule has 0 aliphatic heterocycles. The quantitative estimate of drug-likeness (QED) is 0.630. The Bertz CT molecular complexity index is 929. The summed E-state index contributed by atoms with van der Waals surface area (Å²) in [5.41, 5.74) is 0.322. The Balaban J connectivity index is 2.01. The molecular formula is C18H22N2O6S. The van der Waals surface area contributed by atoms with Crippen molar-refractivity contribution in [2.45, 2.75) is 32.2 Å². The highest BCUT2D eigenvalue weighted by molar-refractivity contribution is 7.89. The van der Waals surface area contributed by atoms with E-state index >= 15 is 0 Å². The van der Waals surface area contributed by atoms with Gasteiger partial charge in [-0.05, 0) is 43.2 Å². The lowest BCUT2D eigenvalue weighted by atomic mass is 10.2. The summed E-state index contributed by atoms with van der Waals surface area (Å²) < 4.78 is 32.1. The Morgan fingerprint density at radius 1 is 1.19 bits per heavy atom. The summed E-state index contributed by atoms with van der Waals surface area (Å²) in [4.78, 5) is 23.3. The third-order valence-electron chi connectivity index (χ3n) is 3.73. The number of benzene rings is 1. The number of nitrogens with one attached hydrogen (secondary N) is 2. The summed E-state index contributed by atoms with van der Waals surface area (Å²) in [7, 11) is -3.62. The molecule has 0 saturated heterocycles. The van der Waals surface area contributed by atoms with Crippen molar-refractivity contribution in [3.8, 4) is 0 Å². The largest absolute Gasteiger partial charge is 0.478 e. The number of sulfonamides is 1. The van der Waals surface area contributed by atoms with Gasteiger partial charge in [0.15, 0.2) is 0 Å². The molecular weight excluding hydrogens is 372 g/mol. The van der Waals surface area contributed by atoms with Crippen molar-refractivity contribution in [3.05, 3.63) is 53.0 Å². The number of rotatable bonds is 8. The van der Waals surface area contributed by atoms with Gasteiger partial charge in [0.05, 0.1) is 11.4 Å². The van der Waals surface area contributed by atoms with Crippen molar-refractivity contribution < 1.29 is 27.5 Å². The van der Waals surface area contributed by atoms with Crippen LogP contribution < -0.4 is 10.0 Å². The second-order valence-corrected chi connectivity index (χ2v) is 8.21. The van der Waals surface area contributed by atoms with E-state index in [1.807, 2.05) is 13.8 Å². The predicted molar refractivity (Wildman–Crippen MR) is 98.0 cm³/mol. The fourth-order valence-corrected chi connectivity index (χ4v) is 3.47. The lowest BCUT2D eigenvalue weighted by Crippen LogP contribution is -2.27. The summed E-state index contributed by atoms with van der Waals surface area (Å²) in [6, 6.07) is 6.90. The Labute approximate surface area is 157 Å². The molecule has 0 atom stereocenters. The van der Waals surface area contributed by atoms with Crippen LogP contribution >= 0.6 is 0 Å². The van der Waals surface area contributed by atoms with E-state index in [9.17, 15) is 18.0 Å². The smallest absolute Gasteiger partial charge is 0.339 e. The van der Waals surface area contributed by atoms with Gasteiger partial charge in [0.25, 0.3) is 5.91 Å². The molecule has 0 bridgehead atoms. The summed E-state index contributed by atoms with van der Waals surface area (Å²) in [5, 5.41) is 11.6. The monoisotopic (exact) mass is 394 g/mol. The van der Waals surface area contributed by atoms with Gasteiger partial charge in [-0.2, -0.15) is 0 Å². The number of furan rings is 1. The van der Waals surface area contributed by atoms with Crippen molar-refractivity contribution in [1.82, 2.24) is 10.0 Å². The molecule has 0 fully saturated rings. The van der Waals surface area contributed by atoms with E-state index in [2.05, 4.69) is 10.0 Å². The third kappa shape index (κ3) is 5.41. The molecule has 8 nitrogen and oxygen atoms in total. The number of hydrogen-bond acceptors (Lipinski definition) is 5. The average molecular weight is 394 g/mol. The Hall–Kier alpha value is -2.65. The van der Waals surface area contributed by atoms with E-state index in [-0.39, 0.29) is 34.2 Å². The number of aryl methyl sites for hydroxylation is 1. The molecule has 2 aromatic rings. The highest BCUT2D eigenvalue weighted by Crippen LogP contribution is 2.15. The van der Waals surface area contributed by atoms with Crippen LogP contribution in [0.25, 0.3) is 0 Å². The first-order chi connectivity index (χ1) is 12.6. The van der Waals surface area contributed by atoms with Gasteiger partial charge in [-0.15, -0.1) is 0 Å². The van der Waals surface area contributed by atoms with E-state index in [0.717, 1.165) is 0 Å². The van der Waals surface area contributed by atoms with Crippen LogP contribution in [0.3, 0.4) is 0 Å². The highest BCUT2D eigenvalue weighted by atomic mass is 32.2. The number of hydrogen-bond donors (Lipinski definition) is 3. The first-order valence-electron chi connectivity index (χ1n) is 8.30. The second-order valence-electron chi connectivity index (χ2n) is 6.44. The fraction of sp³-hybridized carbons (Fsp3) is 0.333. The molecule has 146 valence electrons. The Morgan fingerprint density at radius 2 is 1.81 bits per heavy atom. The molecule has 1 aromatic heterocycles. The Kier molecular flexibility index (Phi) is 6.40. The van der Waals surface area contributed by atoms with E-state index in [1.54, 1.807) is 0 Å². The van der Waals surface area contributed by atoms with Gasteiger partial charge in [-0.3, -0.25) is 4.79 Å². The van der Waals surface area contributed by atoms with Crippen molar-refractivity contribution in [1.29, 1.82) is 0 Å². The van der Waals surface area contributed by atoms with Crippen LogP contribution in [0.4, 0.5) is 0 Å². The van der Waals surface area contributed by atoms with Crippen LogP contribution in [0, 0.1) is 12.8 Å². The predicted octanol–water partition coefficient (Wildman–Crippen LogP) is 2.15. The van der Waals surface area contributed by atoms with Crippen LogP contribution in [0.15, 0.2) is 39.6 Å². The van der Waals surface area contributed by atoms with Crippen LogP contribution in [0.5, 0.6) is 0 Å². The van der Waals surface area contributed by atoms with Crippen LogP contribution in [0.2, 0.25) is 0 Å². The molecule has 0 radical (unpaired) electrons. The summed E-state index contributed by atoms with van der Waals surface area (Å²) >= 11 is 0. The molecule has 3 N–H and O–H groups in total. The molecule has 0 aliphatic rings. The van der Waals surface area contributed by atoms with E-state index in [1.165, 1.54) is 37.3 Å². The third-order valence-corrected chi connectivity index (χ3v) is 5.17. The zero-order chi connectivity index (χ0) is 20.2. The number of carbonyl (C=O) groups is 2. The lowest BCUT2D eigenvalue weighted by molar-refractivity contribution is 0.0694. The summed E-state index contributed by atoms with van der Waals surface area (Å²) in [6.07, 6.45) is 0. The topological polar surface area (TPSA) is 126 Å². The molecule has 1 heterocycles. The van der Waals surface area contributed by atoms with Gasteiger partial charge in [-0.1, -0.05) is 13.8 Å². The van der Waals surface area contributed by atoms with Gasteiger partial charge in [0.2, 0.25) is 10.0 Å². The molecule has 9 heteroatoms. The van der Waals surface area contributed by atoms with E-state index in [4.69, 9.17) is 9.52 Å². The SMILES string of the molecule is Cc1oc(CNC(=O)c2ccc(S(=O)(=O)NCC(C)C)cc2)cc1C(=O)O. The molecule has 0 spiro atoms. The number of aromatic carboxylic acids is 1. The average Bonchev–Trinajstić information content (AvgIpc) is 2.99. The van der Waals surface area contributed by atoms with E-state index < -0.39 is 21.9 Å². The minimum Gasteiger partial charge on any atom is -0.478 e. The van der Waals surface area contributed by atoms with Gasteiger partial charge < -0.3 is 14.8 Å². The highest BCUT2D eigenvalue weighted by Gasteiger charge is 2.16. The first-order valence-corrected chi connectivity index (χ1v) is 9.79. The van der Waals surface area contributed by atoms with Crippen LogP contribution in [-0.4, -0.2) is 31.9 Å². The van der Waals surface area contributed by atoms with Crippen molar-refractivity contribution in [2.24, 2.45) is 5.92 Å². The lowest BCUT2D eigenvalue weighted by Gasteiger charge is -2.09. The molecule has 1 amide bonds. The number of carbonyl (C=O) groups excluding carboxylic acids is 1. The molecule has 0 aliphatic carbocycles. The van der Waals surface area contributed by atoms with Gasteiger partial charge >= 0.3 is 5.97 Å². The summed E-state index contributed by atoms with van der Waals surface area (Å²) in [6.45, 7) is 5.67. The van der Waals surface area contributed by atoms with Gasteiger partial charge in [0.1, 0.15) is 17.1 Å². The van der Waals surface area contributed by atoms with Crippen LogP contribution in [-0.2, 0) is 16.6 Å². The van der Waals surface area contributed by atoms with Crippen molar-refractivity contribution >= 4 is 21.9 Å². The number of carboxylic acid groups (broad SMARTS) is 1. The zero-order valence-corrected chi connectivity index (χ0v) is 16.1. The molecule has 1 aromatic carbocycles. The number of amides is 1. The van der Waals surface area contributed by atoms with E-state index in [0.29, 0.717) is 12.3 Å². The van der Waals surface area contributed by atoms with Gasteiger partial charge in [0, 0.05) is 12.1 Å². The molecule has 27 heavy (non-hydrogen) atoms. The molecule has 2 rings (SSSR count). The van der Waals surface area contributed by atoms with Crippen LogP contribution in [0.1, 0.15) is 46.1 Å². The Morgan fingerprint density at radius 3 is 2.33 bits per heavy atom. The minimum atomic E-state index is -3.62. The normalized spacial score (nSPS) is 11.6. The second kappa shape index (κ2) is 8.36. The fourth-order valence-electron chi connectivity index (χ4n) is 2.26. The first kappa shape index (κ1) is 20.7. The molecule has 0 saturated carbocycles. The number of carboxylic acids is 1.